The lowest BCUT2D eigenvalue weighted by Crippen LogP contribution is -2.50. The van der Waals surface area contributed by atoms with Gasteiger partial charge in [0, 0.05) is 76.6 Å². The molecular weight excluding hydrogens is 660 g/mol. The highest BCUT2D eigenvalue weighted by Gasteiger charge is 2.26. The van der Waals surface area contributed by atoms with Gasteiger partial charge in [-0.3, -0.25) is 29.8 Å². The van der Waals surface area contributed by atoms with Crippen molar-refractivity contribution in [3.05, 3.63) is 79.9 Å². The fourth-order valence-electron chi connectivity index (χ4n) is 5.05. The number of rotatable bonds is 10. The van der Waals surface area contributed by atoms with E-state index in [0.29, 0.717) is 63.5 Å². The van der Waals surface area contributed by atoms with E-state index in [9.17, 15) is 39.4 Å². The van der Waals surface area contributed by atoms with Crippen molar-refractivity contribution in [2.24, 2.45) is 0 Å². The Morgan fingerprint density at radius 1 is 0.653 bits per heavy atom. The summed E-state index contributed by atoms with van der Waals surface area (Å²) in [5.41, 5.74) is 0.178. The van der Waals surface area contributed by atoms with Crippen LogP contribution < -0.4 is 0 Å². The zero-order chi connectivity index (χ0) is 35.5. The van der Waals surface area contributed by atoms with Crippen molar-refractivity contribution in [1.29, 1.82) is 0 Å². The molecule has 2 aromatic rings. The number of hydrogen-bond donors (Lipinski definition) is 0. The zero-order valence-corrected chi connectivity index (χ0v) is 27.8. The lowest BCUT2D eigenvalue weighted by Gasteiger charge is -2.33. The SMILES string of the molecule is CCOC(=O)N1CCN(C(=O)/C=C/c2ccc(Sc3ccc(/C=C/C(=O)N4CCN(C(=O)OCC)CC4)cc3[N+](=O)[O-])c([N+](=O)[O-])c2)CC1. The van der Waals surface area contributed by atoms with Gasteiger partial charge in [0.15, 0.2) is 0 Å². The molecule has 2 fully saturated rings. The number of piperazine rings is 2. The van der Waals surface area contributed by atoms with Crippen LogP contribution in [-0.2, 0) is 19.1 Å². The summed E-state index contributed by atoms with van der Waals surface area (Å²) < 4.78 is 9.97. The van der Waals surface area contributed by atoms with Gasteiger partial charge < -0.3 is 29.1 Å². The fourth-order valence-corrected chi connectivity index (χ4v) is 6.03. The van der Waals surface area contributed by atoms with Crippen molar-refractivity contribution in [1.82, 2.24) is 19.6 Å². The molecule has 260 valence electrons. The molecule has 16 nitrogen and oxygen atoms in total. The molecule has 0 saturated carbocycles. The van der Waals surface area contributed by atoms with E-state index in [0.717, 1.165) is 11.8 Å². The smallest absolute Gasteiger partial charge is 0.409 e. The number of benzene rings is 2. The van der Waals surface area contributed by atoms with Crippen LogP contribution in [0.25, 0.3) is 12.2 Å². The van der Waals surface area contributed by atoms with Crippen LogP contribution in [0.5, 0.6) is 0 Å². The summed E-state index contributed by atoms with van der Waals surface area (Å²) in [6.45, 7) is 6.53. The molecule has 2 aromatic carbocycles. The van der Waals surface area contributed by atoms with Gasteiger partial charge in [-0.15, -0.1) is 0 Å². The van der Waals surface area contributed by atoms with Crippen LogP contribution >= 0.6 is 11.8 Å². The topological polar surface area (TPSA) is 186 Å². The number of amides is 4. The van der Waals surface area contributed by atoms with Crippen LogP contribution in [0.3, 0.4) is 0 Å². The average Bonchev–Trinajstić information content (AvgIpc) is 3.10. The first-order chi connectivity index (χ1) is 23.5. The number of nitro benzene ring substituents is 2. The van der Waals surface area contributed by atoms with Crippen LogP contribution in [0.2, 0.25) is 0 Å². The summed E-state index contributed by atoms with van der Waals surface area (Å²) in [7, 11) is 0. The Bertz CT molecular complexity index is 1530. The lowest BCUT2D eigenvalue weighted by molar-refractivity contribution is -0.388. The first kappa shape index (κ1) is 36.4. The van der Waals surface area contributed by atoms with Crippen molar-refractivity contribution >= 4 is 59.3 Å². The summed E-state index contributed by atoms with van der Waals surface area (Å²) >= 11 is 0.854. The Labute approximate surface area is 286 Å². The van der Waals surface area contributed by atoms with Gasteiger partial charge in [-0.25, -0.2) is 9.59 Å². The molecule has 0 spiro atoms. The highest BCUT2D eigenvalue weighted by atomic mass is 32.2. The van der Waals surface area contributed by atoms with Crippen molar-refractivity contribution in [2.45, 2.75) is 23.6 Å². The zero-order valence-electron chi connectivity index (χ0n) is 27.0. The second-order valence-electron chi connectivity index (χ2n) is 10.8. The molecule has 2 saturated heterocycles. The van der Waals surface area contributed by atoms with Crippen molar-refractivity contribution < 1.29 is 38.5 Å². The molecule has 0 atom stereocenters. The Balaban J connectivity index is 1.40. The van der Waals surface area contributed by atoms with Crippen LogP contribution in [0.1, 0.15) is 25.0 Å². The molecule has 17 heteroatoms. The van der Waals surface area contributed by atoms with Gasteiger partial charge in [-0.1, -0.05) is 23.9 Å². The molecule has 0 bridgehead atoms. The van der Waals surface area contributed by atoms with E-state index < -0.39 is 22.0 Å². The standard InChI is InChI=1S/C32H36N6O10S/c1-3-47-31(41)35-17-13-33(14-18-35)29(39)11-7-23-5-9-27(25(21-23)37(43)44)49-28-10-6-24(22-26(28)38(45)46)8-12-30(40)34-15-19-36(20-16-34)32(42)48-4-2/h5-12,21-22H,3-4,13-20H2,1-2H3/b11-7+,12-8+. The lowest BCUT2D eigenvalue weighted by atomic mass is 10.2. The van der Waals surface area contributed by atoms with Crippen LogP contribution in [0.4, 0.5) is 21.0 Å². The van der Waals surface area contributed by atoms with E-state index in [4.69, 9.17) is 9.47 Å². The summed E-state index contributed by atoms with van der Waals surface area (Å²) in [6.07, 6.45) is 4.65. The predicted octanol–water partition coefficient (Wildman–Crippen LogP) is 4.28. The molecule has 0 unspecified atom stereocenters. The molecule has 0 aromatic heterocycles. The quantitative estimate of drug-likeness (QED) is 0.196. The second kappa shape index (κ2) is 17.1. The first-order valence-electron chi connectivity index (χ1n) is 15.5. The monoisotopic (exact) mass is 696 g/mol. The molecule has 49 heavy (non-hydrogen) atoms. The molecule has 0 radical (unpaired) electrons. The van der Waals surface area contributed by atoms with E-state index in [1.165, 1.54) is 58.4 Å². The van der Waals surface area contributed by atoms with E-state index in [1.807, 2.05) is 0 Å². The molecular formula is C32H36N6O10S. The molecule has 0 N–H and O–H groups in total. The minimum Gasteiger partial charge on any atom is -0.450 e. The minimum atomic E-state index is -0.600. The van der Waals surface area contributed by atoms with Gasteiger partial charge in [-0.05, 0) is 49.3 Å². The maximum atomic E-state index is 12.7. The van der Waals surface area contributed by atoms with E-state index >= 15 is 0 Å². The molecule has 4 amide bonds. The van der Waals surface area contributed by atoms with Gasteiger partial charge in [-0.2, -0.15) is 0 Å². The third kappa shape index (κ3) is 9.79. The largest absolute Gasteiger partial charge is 0.450 e. The predicted molar refractivity (Wildman–Crippen MR) is 179 cm³/mol. The third-order valence-corrected chi connectivity index (χ3v) is 8.78. The number of nitrogens with zero attached hydrogens (tertiary/aromatic N) is 6. The van der Waals surface area contributed by atoms with Crippen LogP contribution in [0, 0.1) is 20.2 Å². The van der Waals surface area contributed by atoms with Crippen LogP contribution in [0.15, 0.2) is 58.3 Å². The highest BCUT2D eigenvalue weighted by molar-refractivity contribution is 7.99. The van der Waals surface area contributed by atoms with Gasteiger partial charge >= 0.3 is 12.2 Å². The molecule has 2 aliphatic rings. The maximum Gasteiger partial charge on any atom is 0.409 e. The number of hydrogen-bond acceptors (Lipinski definition) is 11. The van der Waals surface area contributed by atoms with Gasteiger partial charge in [0.2, 0.25) is 11.8 Å². The van der Waals surface area contributed by atoms with Crippen molar-refractivity contribution in [3.8, 4) is 0 Å². The Kier molecular flexibility index (Phi) is 12.7. The minimum absolute atomic E-state index is 0.159. The number of ether oxygens (including phenoxy) is 2. The Hall–Kier alpha value is -5.45. The number of carbonyl (C=O) groups is 4. The highest BCUT2D eigenvalue weighted by Crippen LogP contribution is 2.40. The Morgan fingerprint density at radius 2 is 1.00 bits per heavy atom. The maximum absolute atomic E-state index is 12.7. The molecule has 0 aliphatic carbocycles. The summed E-state index contributed by atoms with van der Waals surface area (Å²) in [5, 5.41) is 23.9. The van der Waals surface area contributed by atoms with Gasteiger partial charge in [0.05, 0.1) is 32.9 Å². The second-order valence-corrected chi connectivity index (χ2v) is 11.8. The molecule has 4 rings (SSSR count). The summed E-state index contributed by atoms with van der Waals surface area (Å²) in [4.78, 5) is 78.4. The van der Waals surface area contributed by atoms with Gasteiger partial charge in [0.1, 0.15) is 0 Å². The van der Waals surface area contributed by atoms with Crippen LogP contribution in [-0.4, -0.2) is 119 Å². The molecule has 2 heterocycles. The first-order valence-corrected chi connectivity index (χ1v) is 16.3. The van der Waals surface area contributed by atoms with E-state index in [1.54, 1.807) is 35.8 Å². The number of carbonyl (C=O) groups excluding carboxylic acids is 4. The Morgan fingerprint density at radius 3 is 1.33 bits per heavy atom. The van der Waals surface area contributed by atoms with Crippen molar-refractivity contribution in [2.75, 3.05) is 65.6 Å². The molecule has 2 aliphatic heterocycles. The summed E-state index contributed by atoms with van der Waals surface area (Å²) in [5.74, 6) is -0.625. The van der Waals surface area contributed by atoms with E-state index in [2.05, 4.69) is 0 Å². The van der Waals surface area contributed by atoms with E-state index in [-0.39, 0.29) is 46.2 Å². The fraction of sp³-hybridized carbons (Fsp3) is 0.375. The third-order valence-electron chi connectivity index (χ3n) is 7.65. The normalized spacial score (nSPS) is 15.1. The average molecular weight is 697 g/mol. The van der Waals surface area contributed by atoms with Crippen molar-refractivity contribution in [3.63, 3.8) is 0 Å². The summed E-state index contributed by atoms with van der Waals surface area (Å²) in [6, 6.07) is 8.63. The number of nitro groups is 2. The van der Waals surface area contributed by atoms with Gasteiger partial charge in [0.25, 0.3) is 11.4 Å².